The molecule has 0 atom stereocenters. The lowest BCUT2D eigenvalue weighted by Crippen LogP contribution is -2.36. The van der Waals surface area contributed by atoms with Crippen LogP contribution in [0.5, 0.6) is 0 Å². The summed E-state index contributed by atoms with van der Waals surface area (Å²) in [4.78, 5) is 12.3. The van der Waals surface area contributed by atoms with Crippen LogP contribution in [-0.2, 0) is 0 Å². The number of anilines is 1. The largest absolute Gasteiger partial charge is 0.343 e. The first-order valence-electron chi connectivity index (χ1n) is 5.59. The molecule has 0 radical (unpaired) electrons. The van der Waals surface area contributed by atoms with E-state index in [1.54, 1.807) is 11.3 Å². The van der Waals surface area contributed by atoms with Gasteiger partial charge in [-0.1, -0.05) is 11.3 Å². The summed E-state index contributed by atoms with van der Waals surface area (Å²) in [6.45, 7) is 8.78. The van der Waals surface area contributed by atoms with Crippen LogP contribution in [0.2, 0.25) is 0 Å². The molecule has 0 aliphatic carbocycles. The lowest BCUT2D eigenvalue weighted by molar-refractivity contribution is 0.607. The quantitative estimate of drug-likeness (QED) is 0.817. The van der Waals surface area contributed by atoms with Crippen molar-refractivity contribution in [1.29, 1.82) is 0 Å². The lowest BCUT2D eigenvalue weighted by Gasteiger charge is -2.30. The normalized spacial score (nSPS) is 11.6. The number of thiazole rings is 1. The summed E-state index contributed by atoms with van der Waals surface area (Å²) in [6, 6.07) is 4.86. The van der Waals surface area contributed by atoms with Gasteiger partial charge in [-0.2, -0.15) is 0 Å². The van der Waals surface area contributed by atoms with E-state index in [1.807, 2.05) is 18.3 Å². The lowest BCUT2D eigenvalue weighted by atomic mass is 10.2. The Morgan fingerprint density at radius 1 is 1.19 bits per heavy atom. The van der Waals surface area contributed by atoms with Crippen LogP contribution in [-0.4, -0.2) is 22.1 Å². The monoisotopic (exact) mass is 235 g/mol. The highest BCUT2D eigenvalue weighted by Gasteiger charge is 2.18. The average Bonchev–Trinajstić information content (AvgIpc) is 2.58. The van der Waals surface area contributed by atoms with E-state index < -0.39 is 0 Å². The molecule has 0 bridgehead atoms. The van der Waals surface area contributed by atoms with Crippen LogP contribution >= 0.6 is 11.3 Å². The fourth-order valence-electron chi connectivity index (χ4n) is 1.91. The Kier molecular flexibility index (Phi) is 3.10. The highest BCUT2D eigenvalue weighted by molar-refractivity contribution is 7.21. The third-order valence-corrected chi connectivity index (χ3v) is 3.48. The fourth-order valence-corrected chi connectivity index (χ4v) is 3.08. The maximum atomic E-state index is 4.64. The molecule has 86 valence electrons. The van der Waals surface area contributed by atoms with Crippen LogP contribution < -0.4 is 4.90 Å². The second kappa shape index (κ2) is 4.37. The number of fused-ring (bicyclic) bond motifs is 1. The molecular formula is C12H17N3S. The van der Waals surface area contributed by atoms with Crippen molar-refractivity contribution in [3.05, 3.63) is 18.3 Å². The molecule has 2 heterocycles. The maximum absolute atomic E-state index is 4.64. The van der Waals surface area contributed by atoms with Crippen molar-refractivity contribution < 1.29 is 0 Å². The summed E-state index contributed by atoms with van der Waals surface area (Å²) in [5.41, 5.74) is 0.994. The van der Waals surface area contributed by atoms with Crippen molar-refractivity contribution in [2.24, 2.45) is 0 Å². The van der Waals surface area contributed by atoms with Crippen molar-refractivity contribution in [2.45, 2.75) is 39.8 Å². The molecule has 0 saturated carbocycles. The molecule has 4 heteroatoms. The molecule has 2 aromatic heterocycles. The van der Waals surface area contributed by atoms with Crippen LogP contribution in [0.4, 0.5) is 5.13 Å². The topological polar surface area (TPSA) is 29.0 Å². The van der Waals surface area contributed by atoms with E-state index in [1.165, 1.54) is 0 Å². The van der Waals surface area contributed by atoms with Gasteiger partial charge in [0.15, 0.2) is 5.13 Å². The summed E-state index contributed by atoms with van der Waals surface area (Å²) in [5.74, 6) is 0. The molecule has 0 spiro atoms. The van der Waals surface area contributed by atoms with Crippen molar-refractivity contribution in [3.63, 3.8) is 0 Å². The second-order valence-electron chi connectivity index (χ2n) is 4.42. The third kappa shape index (κ3) is 2.02. The van der Waals surface area contributed by atoms with Gasteiger partial charge < -0.3 is 4.90 Å². The van der Waals surface area contributed by atoms with Gasteiger partial charge in [-0.3, -0.25) is 0 Å². The van der Waals surface area contributed by atoms with E-state index in [0.717, 1.165) is 15.5 Å². The van der Waals surface area contributed by atoms with Crippen molar-refractivity contribution in [3.8, 4) is 0 Å². The minimum absolute atomic E-state index is 0.459. The molecule has 0 amide bonds. The molecule has 0 aliphatic rings. The predicted molar refractivity (Wildman–Crippen MR) is 70.2 cm³/mol. The van der Waals surface area contributed by atoms with Gasteiger partial charge in [0.2, 0.25) is 0 Å². The van der Waals surface area contributed by atoms with Crippen LogP contribution in [0.1, 0.15) is 27.7 Å². The summed E-state index contributed by atoms with van der Waals surface area (Å²) in [7, 11) is 0. The zero-order valence-corrected chi connectivity index (χ0v) is 11.0. The molecule has 2 rings (SSSR count). The van der Waals surface area contributed by atoms with Crippen molar-refractivity contribution in [2.75, 3.05) is 4.90 Å². The van der Waals surface area contributed by atoms with Gasteiger partial charge in [-0.25, -0.2) is 9.97 Å². The first-order chi connectivity index (χ1) is 7.59. The summed E-state index contributed by atoms with van der Waals surface area (Å²) in [5, 5.41) is 1.07. The standard InChI is InChI=1S/C12H17N3S/c1-8(2)15(9(3)4)12-14-10-6-5-7-13-11(10)16-12/h5-9H,1-4H3. The number of nitrogens with zero attached hydrogens (tertiary/aromatic N) is 3. The number of aromatic nitrogens is 2. The van der Waals surface area contributed by atoms with Crippen molar-refractivity contribution in [1.82, 2.24) is 9.97 Å². The van der Waals surface area contributed by atoms with Gasteiger partial charge in [0.05, 0.1) is 0 Å². The van der Waals surface area contributed by atoms with Gasteiger partial charge >= 0.3 is 0 Å². The van der Waals surface area contributed by atoms with Gasteiger partial charge in [0.1, 0.15) is 10.3 Å². The van der Waals surface area contributed by atoms with Crippen LogP contribution in [0.15, 0.2) is 18.3 Å². The minimum atomic E-state index is 0.459. The Morgan fingerprint density at radius 2 is 1.88 bits per heavy atom. The second-order valence-corrected chi connectivity index (χ2v) is 5.37. The minimum Gasteiger partial charge on any atom is -0.343 e. The molecule has 0 unspecified atom stereocenters. The molecule has 0 aliphatic heterocycles. The molecule has 0 fully saturated rings. The number of hydrogen-bond acceptors (Lipinski definition) is 4. The first kappa shape index (κ1) is 11.3. The zero-order chi connectivity index (χ0) is 11.7. The molecule has 0 saturated heterocycles. The molecule has 0 aromatic carbocycles. The van der Waals surface area contributed by atoms with Gasteiger partial charge in [-0.05, 0) is 39.8 Å². The van der Waals surface area contributed by atoms with E-state index in [0.29, 0.717) is 12.1 Å². The van der Waals surface area contributed by atoms with E-state index in [2.05, 4.69) is 42.6 Å². The average molecular weight is 235 g/mol. The Bertz CT molecular complexity index is 435. The SMILES string of the molecule is CC(C)N(c1nc2cccnc2s1)C(C)C. The molecule has 16 heavy (non-hydrogen) atoms. The van der Waals surface area contributed by atoms with E-state index in [-0.39, 0.29) is 0 Å². The summed E-state index contributed by atoms with van der Waals surface area (Å²) < 4.78 is 0. The van der Waals surface area contributed by atoms with Gasteiger partial charge in [0, 0.05) is 18.3 Å². The maximum Gasteiger partial charge on any atom is 0.188 e. The Morgan fingerprint density at radius 3 is 2.44 bits per heavy atom. The van der Waals surface area contributed by atoms with Crippen LogP contribution in [0.25, 0.3) is 10.3 Å². The fraction of sp³-hybridized carbons (Fsp3) is 0.500. The number of hydrogen-bond donors (Lipinski definition) is 0. The first-order valence-corrected chi connectivity index (χ1v) is 6.41. The Balaban J connectivity index is 2.45. The molecular weight excluding hydrogens is 218 g/mol. The zero-order valence-electron chi connectivity index (χ0n) is 10.1. The third-order valence-electron chi connectivity index (χ3n) is 2.49. The highest BCUT2D eigenvalue weighted by Crippen LogP contribution is 2.29. The number of pyridine rings is 1. The van der Waals surface area contributed by atoms with Gasteiger partial charge in [-0.15, -0.1) is 0 Å². The van der Waals surface area contributed by atoms with Gasteiger partial charge in [0.25, 0.3) is 0 Å². The summed E-state index contributed by atoms with van der Waals surface area (Å²) >= 11 is 1.67. The number of rotatable bonds is 3. The van der Waals surface area contributed by atoms with Crippen LogP contribution in [0.3, 0.4) is 0 Å². The molecule has 2 aromatic rings. The predicted octanol–water partition coefficient (Wildman–Crippen LogP) is 3.31. The molecule has 3 nitrogen and oxygen atoms in total. The Hall–Kier alpha value is -1.16. The van der Waals surface area contributed by atoms with Crippen molar-refractivity contribution >= 4 is 26.8 Å². The van der Waals surface area contributed by atoms with E-state index >= 15 is 0 Å². The molecule has 0 N–H and O–H groups in total. The van der Waals surface area contributed by atoms with E-state index in [9.17, 15) is 0 Å². The van der Waals surface area contributed by atoms with E-state index in [4.69, 9.17) is 0 Å². The Labute approximate surface area is 100 Å². The summed E-state index contributed by atoms with van der Waals surface area (Å²) in [6.07, 6.45) is 1.82. The highest BCUT2D eigenvalue weighted by atomic mass is 32.1. The smallest absolute Gasteiger partial charge is 0.188 e. The van der Waals surface area contributed by atoms with Crippen LogP contribution in [0, 0.1) is 0 Å².